The Labute approximate surface area is 154 Å². The molecule has 1 amide bonds. The van der Waals surface area contributed by atoms with E-state index in [2.05, 4.69) is 20.3 Å². The number of nitrogens with zero attached hydrogens (tertiary/aromatic N) is 3. The minimum Gasteiger partial charge on any atom is -0.352 e. The Balaban J connectivity index is 1.37. The maximum Gasteiger partial charge on any atom is 0.244 e. The molecule has 0 saturated carbocycles. The van der Waals surface area contributed by atoms with Crippen LogP contribution in [0, 0.1) is 0 Å². The van der Waals surface area contributed by atoms with Gasteiger partial charge in [-0.15, -0.1) is 0 Å². The fourth-order valence-electron chi connectivity index (χ4n) is 2.78. The number of H-pyrrole nitrogens is 1. The lowest BCUT2D eigenvalue weighted by molar-refractivity contribution is -0.116. The molecule has 1 aromatic carbocycles. The third kappa shape index (κ3) is 3.32. The van der Waals surface area contributed by atoms with Gasteiger partial charge in [0.25, 0.3) is 0 Å². The zero-order valence-electron chi connectivity index (χ0n) is 13.8. The third-order valence-corrected chi connectivity index (χ3v) is 4.29. The number of pyridine rings is 1. The molecule has 0 saturated heterocycles. The van der Waals surface area contributed by atoms with Crippen molar-refractivity contribution in [2.45, 2.75) is 6.42 Å². The minimum atomic E-state index is -0.192. The Morgan fingerprint density at radius 2 is 2.04 bits per heavy atom. The van der Waals surface area contributed by atoms with E-state index in [-0.39, 0.29) is 5.91 Å². The molecule has 0 atom stereocenters. The van der Waals surface area contributed by atoms with Gasteiger partial charge in [0.05, 0.1) is 16.7 Å². The quantitative estimate of drug-likeness (QED) is 0.533. The van der Waals surface area contributed by atoms with Gasteiger partial charge < -0.3 is 10.3 Å². The van der Waals surface area contributed by atoms with Crippen molar-refractivity contribution >= 4 is 40.3 Å². The Morgan fingerprint density at radius 3 is 2.92 bits per heavy atom. The Kier molecular flexibility index (Phi) is 4.41. The number of hydrogen-bond acceptors (Lipinski definition) is 3. The molecule has 0 aliphatic carbocycles. The minimum absolute atomic E-state index is 0.192. The second kappa shape index (κ2) is 7.01. The molecule has 2 N–H and O–H groups in total. The number of amides is 1. The van der Waals surface area contributed by atoms with Crippen LogP contribution in [0.15, 0.2) is 54.7 Å². The number of aromatic amines is 1. The van der Waals surface area contributed by atoms with Crippen LogP contribution in [0.25, 0.3) is 22.8 Å². The molecular weight excluding hydrogens is 350 g/mol. The van der Waals surface area contributed by atoms with Gasteiger partial charge in [0.1, 0.15) is 11.5 Å². The van der Waals surface area contributed by atoms with Gasteiger partial charge >= 0.3 is 0 Å². The van der Waals surface area contributed by atoms with Crippen LogP contribution in [-0.4, -0.2) is 31.8 Å². The van der Waals surface area contributed by atoms with E-state index in [4.69, 9.17) is 11.6 Å². The lowest BCUT2D eigenvalue weighted by Gasteiger charge is -2.00. The first kappa shape index (κ1) is 16.4. The number of carbonyl (C=O) groups excluding carboxylic acids is 1. The molecule has 0 unspecified atom stereocenters. The average molecular weight is 366 g/mol. The molecule has 0 aliphatic heterocycles. The largest absolute Gasteiger partial charge is 0.352 e. The van der Waals surface area contributed by atoms with Crippen LogP contribution in [0.2, 0.25) is 5.15 Å². The Morgan fingerprint density at radius 1 is 1.19 bits per heavy atom. The molecule has 7 heteroatoms. The number of para-hydroxylation sites is 2. The number of halogens is 1. The number of rotatable bonds is 5. The van der Waals surface area contributed by atoms with Crippen molar-refractivity contribution in [3.63, 3.8) is 0 Å². The Hall–Kier alpha value is -3.12. The van der Waals surface area contributed by atoms with Crippen LogP contribution in [0.3, 0.4) is 0 Å². The van der Waals surface area contributed by atoms with Crippen molar-refractivity contribution in [2.24, 2.45) is 0 Å². The van der Waals surface area contributed by atoms with Gasteiger partial charge in [-0.25, -0.2) is 9.97 Å². The molecule has 0 aliphatic rings. The van der Waals surface area contributed by atoms with Crippen LogP contribution in [0.1, 0.15) is 11.5 Å². The maximum absolute atomic E-state index is 12.0. The normalized spacial score (nSPS) is 11.6. The maximum atomic E-state index is 12.0. The molecule has 130 valence electrons. The number of imidazole rings is 2. The van der Waals surface area contributed by atoms with E-state index in [0.29, 0.717) is 23.8 Å². The zero-order valence-corrected chi connectivity index (χ0v) is 14.6. The van der Waals surface area contributed by atoms with Crippen LogP contribution in [0.4, 0.5) is 0 Å². The van der Waals surface area contributed by atoms with Gasteiger partial charge in [-0.05, 0) is 30.3 Å². The highest BCUT2D eigenvalue weighted by atomic mass is 35.5. The lowest BCUT2D eigenvalue weighted by atomic mass is 10.3. The van der Waals surface area contributed by atoms with Gasteiger partial charge in [0.2, 0.25) is 5.91 Å². The molecule has 0 bridgehead atoms. The smallest absolute Gasteiger partial charge is 0.244 e. The topological polar surface area (TPSA) is 75.1 Å². The number of carbonyl (C=O) groups is 1. The second-order valence-electron chi connectivity index (χ2n) is 5.79. The summed E-state index contributed by atoms with van der Waals surface area (Å²) in [6.45, 7) is 0.490. The average Bonchev–Trinajstić information content (AvgIpc) is 3.19. The highest BCUT2D eigenvalue weighted by Gasteiger charge is 2.07. The van der Waals surface area contributed by atoms with E-state index < -0.39 is 0 Å². The van der Waals surface area contributed by atoms with Gasteiger partial charge in [-0.1, -0.05) is 29.8 Å². The molecule has 0 fully saturated rings. The molecule has 3 aromatic heterocycles. The van der Waals surface area contributed by atoms with Crippen LogP contribution < -0.4 is 5.32 Å². The fourth-order valence-corrected chi connectivity index (χ4v) is 3.02. The van der Waals surface area contributed by atoms with Gasteiger partial charge in [-0.3, -0.25) is 9.20 Å². The molecule has 26 heavy (non-hydrogen) atoms. The molecule has 0 spiro atoms. The summed E-state index contributed by atoms with van der Waals surface area (Å²) >= 11 is 6.15. The summed E-state index contributed by atoms with van der Waals surface area (Å²) in [6, 6.07) is 13.5. The summed E-state index contributed by atoms with van der Waals surface area (Å²) in [5.74, 6) is 0.656. The summed E-state index contributed by atoms with van der Waals surface area (Å²) in [5, 5.41) is 3.21. The van der Waals surface area contributed by atoms with Crippen LogP contribution in [-0.2, 0) is 11.2 Å². The number of benzene rings is 1. The first-order chi connectivity index (χ1) is 12.7. The van der Waals surface area contributed by atoms with E-state index >= 15 is 0 Å². The standard InChI is InChI=1S/C19H16ClN5O/c20-19-15(25-12-4-3-7-17(25)24-19)8-9-18(26)21-11-10-16-22-13-5-1-2-6-14(13)23-16/h1-9,12H,10-11H2,(H,21,26)(H,22,23)/b9-8+. The molecule has 0 radical (unpaired) electrons. The molecule has 4 rings (SSSR count). The summed E-state index contributed by atoms with van der Waals surface area (Å²) in [7, 11) is 0. The molecule has 4 aromatic rings. The summed E-state index contributed by atoms with van der Waals surface area (Å²) in [6.07, 6.45) is 5.61. The highest BCUT2D eigenvalue weighted by molar-refractivity contribution is 6.31. The van der Waals surface area contributed by atoms with Gasteiger partial charge in [0.15, 0.2) is 5.15 Å². The number of nitrogens with one attached hydrogen (secondary N) is 2. The summed E-state index contributed by atoms with van der Waals surface area (Å²) in [5.41, 5.74) is 3.34. The van der Waals surface area contributed by atoms with Gasteiger partial charge in [0, 0.05) is 25.2 Å². The van der Waals surface area contributed by atoms with Crippen LogP contribution >= 0.6 is 11.6 Å². The third-order valence-electron chi connectivity index (χ3n) is 4.01. The van der Waals surface area contributed by atoms with Crippen molar-refractivity contribution in [2.75, 3.05) is 6.54 Å². The SMILES string of the molecule is O=C(/C=C/c1c(Cl)nc2ccccn12)NCCc1nc2ccccc2[nH]1. The van der Waals surface area contributed by atoms with E-state index in [9.17, 15) is 4.79 Å². The summed E-state index contributed by atoms with van der Waals surface area (Å²) < 4.78 is 1.83. The molecule has 3 heterocycles. The van der Waals surface area contributed by atoms with E-state index in [0.717, 1.165) is 22.5 Å². The Bertz CT molecular complexity index is 1080. The number of fused-ring (bicyclic) bond motifs is 2. The van der Waals surface area contributed by atoms with E-state index in [1.807, 2.05) is 53.1 Å². The van der Waals surface area contributed by atoms with Crippen LogP contribution in [0.5, 0.6) is 0 Å². The lowest BCUT2D eigenvalue weighted by Crippen LogP contribution is -2.23. The number of aromatic nitrogens is 4. The predicted octanol–water partition coefficient (Wildman–Crippen LogP) is 3.24. The molecular formula is C19H16ClN5O. The number of hydrogen-bond donors (Lipinski definition) is 2. The first-order valence-electron chi connectivity index (χ1n) is 8.23. The second-order valence-corrected chi connectivity index (χ2v) is 6.15. The fraction of sp³-hybridized carbons (Fsp3) is 0.105. The zero-order chi connectivity index (χ0) is 17.9. The van der Waals surface area contributed by atoms with Crippen molar-refractivity contribution in [1.29, 1.82) is 0 Å². The van der Waals surface area contributed by atoms with Crippen molar-refractivity contribution in [1.82, 2.24) is 24.7 Å². The predicted molar refractivity (Wildman–Crippen MR) is 102 cm³/mol. The highest BCUT2D eigenvalue weighted by Crippen LogP contribution is 2.18. The van der Waals surface area contributed by atoms with E-state index in [1.165, 1.54) is 6.08 Å². The van der Waals surface area contributed by atoms with Crippen molar-refractivity contribution < 1.29 is 4.79 Å². The summed E-state index contributed by atoms with van der Waals surface area (Å²) in [4.78, 5) is 24.0. The van der Waals surface area contributed by atoms with Gasteiger partial charge in [-0.2, -0.15) is 0 Å². The van der Waals surface area contributed by atoms with E-state index in [1.54, 1.807) is 6.08 Å². The van der Waals surface area contributed by atoms with Crippen molar-refractivity contribution in [3.05, 3.63) is 71.4 Å². The van der Waals surface area contributed by atoms with Crippen molar-refractivity contribution in [3.8, 4) is 0 Å². The molecule has 6 nitrogen and oxygen atoms in total. The monoisotopic (exact) mass is 365 g/mol. The first-order valence-corrected chi connectivity index (χ1v) is 8.60.